The summed E-state index contributed by atoms with van der Waals surface area (Å²) in [5, 5.41) is 6.18. The lowest BCUT2D eigenvalue weighted by Gasteiger charge is -2.09. The number of unbranched alkanes of at least 4 members (excludes halogenated alkanes) is 1. The fraction of sp³-hybridized carbons (Fsp3) is 0.500. The van der Waals surface area contributed by atoms with Crippen LogP contribution >= 0.6 is 0 Å². The first kappa shape index (κ1) is 13.6. The average molecular weight is 234 g/mol. The third-order valence-electron chi connectivity index (χ3n) is 2.67. The van der Waals surface area contributed by atoms with Crippen molar-refractivity contribution in [3.63, 3.8) is 0 Å². The first-order valence-electron chi connectivity index (χ1n) is 6.31. The highest BCUT2D eigenvalue weighted by molar-refractivity contribution is 5.94. The molecule has 94 valence electrons. The molecule has 1 aromatic carbocycles. The quantitative estimate of drug-likeness (QED) is 0.743. The predicted octanol–water partition coefficient (Wildman–Crippen LogP) is 2.96. The molecule has 0 aliphatic carbocycles. The smallest absolute Gasteiger partial charge is 0.251 e. The molecule has 0 saturated heterocycles. The van der Waals surface area contributed by atoms with Crippen LogP contribution in [0.5, 0.6) is 0 Å². The van der Waals surface area contributed by atoms with Crippen LogP contribution in [0, 0.1) is 6.92 Å². The monoisotopic (exact) mass is 234 g/mol. The van der Waals surface area contributed by atoms with Crippen molar-refractivity contribution in [1.29, 1.82) is 0 Å². The van der Waals surface area contributed by atoms with E-state index in [9.17, 15) is 4.79 Å². The normalized spacial score (nSPS) is 10.1. The van der Waals surface area contributed by atoms with Gasteiger partial charge >= 0.3 is 0 Å². The van der Waals surface area contributed by atoms with Gasteiger partial charge in [0, 0.05) is 24.3 Å². The van der Waals surface area contributed by atoms with E-state index in [1.807, 2.05) is 25.1 Å². The highest BCUT2D eigenvalue weighted by Gasteiger charge is 2.06. The fourth-order valence-electron chi connectivity index (χ4n) is 1.67. The summed E-state index contributed by atoms with van der Waals surface area (Å²) in [5.74, 6) is 0.0181. The topological polar surface area (TPSA) is 41.1 Å². The van der Waals surface area contributed by atoms with Crippen LogP contribution in [0.3, 0.4) is 0 Å². The summed E-state index contributed by atoms with van der Waals surface area (Å²) in [6.07, 6.45) is 2.12. The van der Waals surface area contributed by atoms with Gasteiger partial charge in [0.05, 0.1) is 0 Å². The van der Waals surface area contributed by atoms with Crippen LogP contribution in [-0.2, 0) is 0 Å². The molecule has 0 atom stereocenters. The zero-order valence-electron chi connectivity index (χ0n) is 11.0. The number of hydrogen-bond donors (Lipinski definition) is 2. The Balaban J connectivity index is 2.65. The Morgan fingerprint density at radius 3 is 2.65 bits per heavy atom. The lowest BCUT2D eigenvalue weighted by atomic mass is 10.1. The van der Waals surface area contributed by atoms with Crippen molar-refractivity contribution in [3.05, 3.63) is 29.3 Å². The molecule has 17 heavy (non-hydrogen) atoms. The Morgan fingerprint density at radius 2 is 2.06 bits per heavy atom. The molecule has 3 heteroatoms. The van der Waals surface area contributed by atoms with Crippen molar-refractivity contribution in [2.75, 3.05) is 18.4 Å². The number of carbonyl (C=O) groups is 1. The number of anilines is 1. The molecule has 3 nitrogen and oxygen atoms in total. The minimum atomic E-state index is 0.0181. The van der Waals surface area contributed by atoms with E-state index in [2.05, 4.69) is 24.5 Å². The molecule has 0 aliphatic rings. The maximum Gasteiger partial charge on any atom is 0.251 e. The average Bonchev–Trinajstić information content (AvgIpc) is 2.32. The Hall–Kier alpha value is -1.51. The van der Waals surface area contributed by atoms with E-state index in [0.717, 1.165) is 42.7 Å². The van der Waals surface area contributed by atoms with Crippen molar-refractivity contribution < 1.29 is 4.79 Å². The van der Waals surface area contributed by atoms with E-state index in [4.69, 9.17) is 0 Å². The van der Waals surface area contributed by atoms with E-state index < -0.39 is 0 Å². The maximum absolute atomic E-state index is 11.8. The zero-order chi connectivity index (χ0) is 12.7. The second-order valence-corrected chi connectivity index (χ2v) is 4.17. The summed E-state index contributed by atoms with van der Waals surface area (Å²) in [7, 11) is 0. The van der Waals surface area contributed by atoms with Gasteiger partial charge in [-0.1, -0.05) is 13.3 Å². The van der Waals surface area contributed by atoms with Crippen molar-refractivity contribution >= 4 is 11.6 Å². The van der Waals surface area contributed by atoms with Crippen LogP contribution in [0.2, 0.25) is 0 Å². The van der Waals surface area contributed by atoms with E-state index >= 15 is 0 Å². The Bertz CT molecular complexity index is 374. The first-order chi connectivity index (χ1) is 8.19. The fourth-order valence-corrected chi connectivity index (χ4v) is 1.67. The minimum Gasteiger partial charge on any atom is -0.385 e. The molecular formula is C14H22N2O. The SMILES string of the molecule is CCCCNC(=O)c1ccc(NCC)c(C)c1. The molecule has 0 fully saturated rings. The summed E-state index contributed by atoms with van der Waals surface area (Å²) < 4.78 is 0. The number of rotatable bonds is 6. The highest BCUT2D eigenvalue weighted by Crippen LogP contribution is 2.16. The lowest BCUT2D eigenvalue weighted by molar-refractivity contribution is 0.0953. The number of nitrogens with one attached hydrogen (secondary N) is 2. The molecule has 0 aromatic heterocycles. The third kappa shape index (κ3) is 4.10. The predicted molar refractivity (Wildman–Crippen MR) is 72.6 cm³/mol. The number of aryl methyl sites for hydroxylation is 1. The van der Waals surface area contributed by atoms with Gasteiger partial charge in [-0.25, -0.2) is 0 Å². The van der Waals surface area contributed by atoms with Gasteiger partial charge in [0.1, 0.15) is 0 Å². The van der Waals surface area contributed by atoms with E-state index in [1.54, 1.807) is 0 Å². The molecule has 1 rings (SSSR count). The number of benzene rings is 1. The van der Waals surface area contributed by atoms with Crippen LogP contribution in [0.25, 0.3) is 0 Å². The molecule has 1 aromatic rings. The zero-order valence-corrected chi connectivity index (χ0v) is 11.0. The summed E-state index contributed by atoms with van der Waals surface area (Å²) in [6, 6.07) is 5.76. The standard InChI is InChI=1S/C14H22N2O/c1-4-6-9-16-14(17)12-7-8-13(15-5-2)11(3)10-12/h7-8,10,15H,4-6,9H2,1-3H3,(H,16,17). The number of amides is 1. The van der Waals surface area contributed by atoms with Crippen LogP contribution in [-0.4, -0.2) is 19.0 Å². The molecule has 0 bridgehead atoms. The van der Waals surface area contributed by atoms with Gasteiger partial charge in [-0.3, -0.25) is 4.79 Å². The van der Waals surface area contributed by atoms with E-state index in [-0.39, 0.29) is 5.91 Å². The van der Waals surface area contributed by atoms with Gasteiger partial charge < -0.3 is 10.6 Å². The van der Waals surface area contributed by atoms with Gasteiger partial charge in [-0.15, -0.1) is 0 Å². The molecule has 2 N–H and O–H groups in total. The van der Waals surface area contributed by atoms with Crippen LogP contribution < -0.4 is 10.6 Å². The molecule has 0 spiro atoms. The number of carbonyl (C=O) groups excluding carboxylic acids is 1. The first-order valence-corrected chi connectivity index (χ1v) is 6.31. The minimum absolute atomic E-state index is 0.0181. The molecule has 0 radical (unpaired) electrons. The third-order valence-corrected chi connectivity index (χ3v) is 2.67. The van der Waals surface area contributed by atoms with Gasteiger partial charge in [0.25, 0.3) is 5.91 Å². The Kier molecular flexibility index (Phi) is 5.53. The largest absolute Gasteiger partial charge is 0.385 e. The van der Waals surface area contributed by atoms with Gasteiger partial charge in [0.2, 0.25) is 0 Å². The Labute approximate surface area is 104 Å². The second-order valence-electron chi connectivity index (χ2n) is 4.17. The van der Waals surface area contributed by atoms with Gasteiger partial charge in [-0.2, -0.15) is 0 Å². The molecule has 0 saturated carbocycles. The summed E-state index contributed by atoms with van der Waals surface area (Å²) in [4.78, 5) is 11.8. The molecule has 1 amide bonds. The van der Waals surface area contributed by atoms with Crippen LogP contribution in [0.1, 0.15) is 42.6 Å². The van der Waals surface area contributed by atoms with Crippen molar-refractivity contribution in [2.24, 2.45) is 0 Å². The summed E-state index contributed by atoms with van der Waals surface area (Å²) in [5.41, 5.74) is 2.94. The summed E-state index contributed by atoms with van der Waals surface area (Å²) in [6.45, 7) is 7.83. The van der Waals surface area contributed by atoms with Crippen molar-refractivity contribution in [1.82, 2.24) is 5.32 Å². The van der Waals surface area contributed by atoms with Crippen LogP contribution in [0.15, 0.2) is 18.2 Å². The van der Waals surface area contributed by atoms with Gasteiger partial charge in [-0.05, 0) is 44.0 Å². The molecule has 0 aliphatic heterocycles. The summed E-state index contributed by atoms with van der Waals surface area (Å²) >= 11 is 0. The van der Waals surface area contributed by atoms with E-state index in [1.165, 1.54) is 0 Å². The lowest BCUT2D eigenvalue weighted by Crippen LogP contribution is -2.24. The van der Waals surface area contributed by atoms with E-state index in [0.29, 0.717) is 0 Å². The van der Waals surface area contributed by atoms with Crippen LogP contribution in [0.4, 0.5) is 5.69 Å². The molecular weight excluding hydrogens is 212 g/mol. The molecule has 0 heterocycles. The highest BCUT2D eigenvalue weighted by atomic mass is 16.1. The van der Waals surface area contributed by atoms with Gasteiger partial charge in [0.15, 0.2) is 0 Å². The second kappa shape index (κ2) is 6.94. The Morgan fingerprint density at radius 1 is 1.29 bits per heavy atom. The number of hydrogen-bond acceptors (Lipinski definition) is 2. The maximum atomic E-state index is 11.8. The molecule has 0 unspecified atom stereocenters. The van der Waals surface area contributed by atoms with Crippen molar-refractivity contribution in [3.8, 4) is 0 Å². The van der Waals surface area contributed by atoms with Crippen molar-refractivity contribution in [2.45, 2.75) is 33.6 Å².